The maximum absolute atomic E-state index is 13.5. The van der Waals surface area contributed by atoms with Crippen molar-refractivity contribution < 1.29 is 18.0 Å². The Kier molecular flexibility index (Phi) is 5.92. The lowest BCUT2D eigenvalue weighted by atomic mass is 9.69. The summed E-state index contributed by atoms with van der Waals surface area (Å²) in [6, 6.07) is 8.68. The van der Waals surface area contributed by atoms with Gasteiger partial charge >= 0.3 is 6.18 Å². The van der Waals surface area contributed by atoms with Gasteiger partial charge in [0.1, 0.15) is 5.82 Å². The van der Waals surface area contributed by atoms with E-state index in [2.05, 4.69) is 22.0 Å². The molecule has 1 aromatic carbocycles. The highest BCUT2D eigenvalue weighted by atomic mass is 79.9. The zero-order valence-electron chi connectivity index (χ0n) is 17.6. The van der Waals surface area contributed by atoms with Crippen LogP contribution < -0.4 is 10.6 Å². The van der Waals surface area contributed by atoms with Gasteiger partial charge in [0.25, 0.3) is 0 Å². The summed E-state index contributed by atoms with van der Waals surface area (Å²) in [5.74, 6) is -0.882. The summed E-state index contributed by atoms with van der Waals surface area (Å²) in [6.07, 6.45) is -3.98. The number of nitrogens with zero attached hydrogens (tertiary/aromatic N) is 2. The number of ketones is 1. The Labute approximate surface area is 206 Å². The number of rotatable bonds is 2. The van der Waals surface area contributed by atoms with Crippen LogP contribution in [0.3, 0.4) is 0 Å². The van der Waals surface area contributed by atoms with Crippen LogP contribution >= 0.6 is 38.9 Å². The van der Waals surface area contributed by atoms with Crippen molar-refractivity contribution in [1.82, 2.24) is 0 Å². The number of allylic oxidation sites excluding steroid dienone is 3. The highest BCUT2D eigenvalue weighted by Crippen LogP contribution is 2.52. The Morgan fingerprint density at radius 2 is 1.97 bits per heavy atom. The van der Waals surface area contributed by atoms with E-state index in [1.807, 2.05) is 26.0 Å². The van der Waals surface area contributed by atoms with Crippen LogP contribution in [0.2, 0.25) is 5.02 Å². The van der Waals surface area contributed by atoms with E-state index in [-0.39, 0.29) is 34.3 Å². The van der Waals surface area contributed by atoms with Gasteiger partial charge in [0.15, 0.2) is 5.78 Å². The molecule has 0 fully saturated rings. The molecule has 10 heteroatoms. The van der Waals surface area contributed by atoms with Gasteiger partial charge < -0.3 is 5.73 Å². The van der Waals surface area contributed by atoms with Gasteiger partial charge in [0.2, 0.25) is 0 Å². The first-order chi connectivity index (χ1) is 15.3. The fraction of sp³-hybridized carbons (Fsp3) is 0.304. The van der Waals surface area contributed by atoms with Crippen LogP contribution in [0.25, 0.3) is 0 Å². The molecule has 33 heavy (non-hydrogen) atoms. The summed E-state index contributed by atoms with van der Waals surface area (Å²) in [4.78, 5) is 15.5. The quantitative estimate of drug-likeness (QED) is 0.427. The summed E-state index contributed by atoms with van der Waals surface area (Å²) in [5.41, 5.74) is 6.05. The molecule has 2 heterocycles. The fourth-order valence-corrected chi connectivity index (χ4v) is 6.16. The van der Waals surface area contributed by atoms with Crippen molar-refractivity contribution in [3.05, 3.63) is 72.2 Å². The Hall–Kier alpha value is -2.28. The maximum atomic E-state index is 13.5. The van der Waals surface area contributed by atoms with E-state index in [1.165, 1.54) is 16.2 Å². The van der Waals surface area contributed by atoms with Crippen molar-refractivity contribution >= 4 is 50.3 Å². The summed E-state index contributed by atoms with van der Waals surface area (Å²) < 4.78 is 41.3. The molecule has 4 rings (SSSR count). The van der Waals surface area contributed by atoms with Crippen LogP contribution in [0.5, 0.6) is 0 Å². The molecular weight excluding hydrogens is 539 g/mol. The van der Waals surface area contributed by atoms with Crippen LogP contribution in [-0.4, -0.2) is 5.78 Å². The minimum atomic E-state index is -4.60. The first kappa shape index (κ1) is 23.9. The van der Waals surface area contributed by atoms with Crippen LogP contribution in [-0.2, 0) is 11.0 Å². The van der Waals surface area contributed by atoms with E-state index in [4.69, 9.17) is 17.3 Å². The molecule has 0 spiro atoms. The van der Waals surface area contributed by atoms with Crippen LogP contribution in [0.1, 0.15) is 43.0 Å². The minimum Gasteiger partial charge on any atom is -0.384 e. The molecule has 172 valence electrons. The second-order valence-corrected chi connectivity index (χ2v) is 11.7. The summed E-state index contributed by atoms with van der Waals surface area (Å²) >= 11 is 11.1. The van der Waals surface area contributed by atoms with Gasteiger partial charge in [-0.05, 0) is 58.1 Å². The summed E-state index contributed by atoms with van der Waals surface area (Å²) in [6.45, 7) is 3.83. The third kappa shape index (κ3) is 4.20. The van der Waals surface area contributed by atoms with Gasteiger partial charge in [-0.25, -0.2) is 0 Å². The SMILES string of the molecule is CC1(C)CC(=O)C2=C(C1)N(c1cc(C(F)(F)F)ccc1Cl)C(N)=C(C#N)[C@H]2c1ccc(Br)s1. The molecule has 1 aliphatic carbocycles. The lowest BCUT2D eigenvalue weighted by molar-refractivity contribution is -0.137. The molecule has 2 N–H and O–H groups in total. The first-order valence-corrected chi connectivity index (χ1v) is 11.9. The second kappa shape index (κ2) is 8.19. The normalized spacial score (nSPS) is 20.7. The smallest absolute Gasteiger partial charge is 0.384 e. The number of carbonyl (C=O) groups is 1. The highest BCUT2D eigenvalue weighted by molar-refractivity contribution is 9.11. The Morgan fingerprint density at radius 3 is 2.55 bits per heavy atom. The highest BCUT2D eigenvalue weighted by Gasteiger charge is 2.45. The standard InChI is InChI=1S/C23H18BrClF3N3OS/c1-22(2)8-15-20(16(32)9-22)19(17-5-6-18(24)33-17)12(10-29)21(30)31(15)14-7-11(23(26,27)28)3-4-13(14)25/h3-7,19H,8-9,30H2,1-2H3/t19-/m0/s1. The number of hydrogen-bond donors (Lipinski definition) is 1. The average Bonchev–Trinajstić information content (AvgIpc) is 3.12. The first-order valence-electron chi connectivity index (χ1n) is 9.92. The van der Waals surface area contributed by atoms with Crippen molar-refractivity contribution in [2.24, 2.45) is 11.1 Å². The van der Waals surface area contributed by atoms with Crippen LogP contribution in [0.4, 0.5) is 18.9 Å². The van der Waals surface area contributed by atoms with Crippen LogP contribution in [0, 0.1) is 16.7 Å². The molecule has 4 nitrogen and oxygen atoms in total. The van der Waals surface area contributed by atoms with Crippen molar-refractivity contribution in [1.29, 1.82) is 5.26 Å². The molecule has 1 atom stereocenters. The summed E-state index contributed by atoms with van der Waals surface area (Å²) in [5, 5.41) is 10.1. The maximum Gasteiger partial charge on any atom is 0.416 e. The zero-order valence-corrected chi connectivity index (χ0v) is 20.7. The van der Waals surface area contributed by atoms with E-state index in [0.29, 0.717) is 17.7 Å². The van der Waals surface area contributed by atoms with Gasteiger partial charge in [-0.1, -0.05) is 25.4 Å². The predicted molar refractivity (Wildman–Crippen MR) is 126 cm³/mol. The van der Waals surface area contributed by atoms with Gasteiger partial charge in [-0.2, -0.15) is 18.4 Å². The average molecular weight is 557 g/mol. The van der Waals surface area contributed by atoms with Crippen molar-refractivity contribution in [3.63, 3.8) is 0 Å². The van der Waals surface area contributed by atoms with E-state index in [9.17, 15) is 23.2 Å². The van der Waals surface area contributed by atoms with E-state index in [0.717, 1.165) is 26.9 Å². The van der Waals surface area contributed by atoms with E-state index in [1.54, 1.807) is 0 Å². The van der Waals surface area contributed by atoms with Gasteiger partial charge in [0.05, 0.1) is 37.6 Å². The van der Waals surface area contributed by atoms with Gasteiger partial charge in [-0.3, -0.25) is 9.69 Å². The zero-order chi connectivity index (χ0) is 24.3. The number of hydrogen-bond acceptors (Lipinski definition) is 5. The number of carbonyl (C=O) groups excluding carboxylic acids is 1. The number of nitrogens with two attached hydrogens (primary N) is 1. The molecule has 0 saturated heterocycles. The number of Topliss-reactive ketones (excluding diaryl/α,β-unsaturated/α-hetero) is 1. The van der Waals surface area contributed by atoms with Crippen molar-refractivity contribution in [2.75, 3.05) is 4.90 Å². The molecule has 0 saturated carbocycles. The molecule has 0 unspecified atom stereocenters. The van der Waals surface area contributed by atoms with Crippen molar-refractivity contribution in [3.8, 4) is 6.07 Å². The van der Waals surface area contributed by atoms with E-state index >= 15 is 0 Å². The Morgan fingerprint density at radius 1 is 1.27 bits per heavy atom. The largest absolute Gasteiger partial charge is 0.416 e. The lowest BCUT2D eigenvalue weighted by Gasteiger charge is -2.43. The molecule has 0 radical (unpaired) electrons. The van der Waals surface area contributed by atoms with Gasteiger partial charge in [0, 0.05) is 22.6 Å². The lowest BCUT2D eigenvalue weighted by Crippen LogP contribution is -2.42. The molecule has 1 aromatic heterocycles. The minimum absolute atomic E-state index is 0.0134. The number of thiophene rings is 1. The molecule has 1 aliphatic heterocycles. The fourth-order valence-electron chi connectivity index (χ4n) is 4.41. The second-order valence-electron chi connectivity index (χ2n) is 8.79. The number of nitriles is 1. The number of halogens is 5. The molecule has 0 amide bonds. The third-order valence-corrected chi connectivity index (χ3v) is 7.78. The number of benzene rings is 1. The topological polar surface area (TPSA) is 70.1 Å². The Balaban J connectivity index is 2.03. The predicted octanol–water partition coefficient (Wildman–Crippen LogP) is 7.12. The number of alkyl halides is 3. The molecular formula is C23H18BrClF3N3OS. The Bertz CT molecular complexity index is 1270. The summed E-state index contributed by atoms with van der Waals surface area (Å²) in [7, 11) is 0. The third-order valence-electron chi connectivity index (χ3n) is 5.77. The molecule has 0 bridgehead atoms. The van der Waals surface area contributed by atoms with Crippen molar-refractivity contribution in [2.45, 2.75) is 38.8 Å². The van der Waals surface area contributed by atoms with Crippen LogP contribution in [0.15, 0.2) is 56.8 Å². The van der Waals surface area contributed by atoms with Gasteiger partial charge in [-0.15, -0.1) is 11.3 Å². The molecule has 2 aliphatic rings. The van der Waals surface area contributed by atoms with E-state index < -0.39 is 23.1 Å². The monoisotopic (exact) mass is 555 g/mol. The molecule has 2 aromatic rings. The number of anilines is 1.